The quantitative estimate of drug-likeness (QED) is 0.747. The van der Waals surface area contributed by atoms with E-state index in [9.17, 15) is 14.4 Å². The monoisotopic (exact) mass is 391 g/mol. The van der Waals surface area contributed by atoms with E-state index >= 15 is 0 Å². The standard InChI is InChI=1S/C21H29NO6/c1-21(2,3)28-19(25)12-17-13-22(10-9-16(17)11-18(23)24)20(26)27-14-15-7-5-4-6-8-15/h4-8,16-17H,9-14H2,1-3H3,(H,23,24). The molecule has 2 unspecified atom stereocenters. The van der Waals surface area contributed by atoms with Crippen molar-refractivity contribution in [2.75, 3.05) is 13.1 Å². The van der Waals surface area contributed by atoms with Crippen molar-refractivity contribution in [2.24, 2.45) is 11.8 Å². The fourth-order valence-corrected chi connectivity index (χ4v) is 3.38. The van der Waals surface area contributed by atoms with Crippen LogP contribution in [0.2, 0.25) is 0 Å². The van der Waals surface area contributed by atoms with Crippen LogP contribution in [0.5, 0.6) is 0 Å². The fraction of sp³-hybridized carbons (Fsp3) is 0.571. The van der Waals surface area contributed by atoms with Crippen LogP contribution in [-0.2, 0) is 25.7 Å². The molecule has 0 aromatic heterocycles. The van der Waals surface area contributed by atoms with Gasteiger partial charge in [0.1, 0.15) is 12.2 Å². The Morgan fingerprint density at radius 1 is 1.11 bits per heavy atom. The molecular weight excluding hydrogens is 362 g/mol. The van der Waals surface area contributed by atoms with Gasteiger partial charge in [0.25, 0.3) is 0 Å². The van der Waals surface area contributed by atoms with E-state index in [1.54, 1.807) is 25.7 Å². The summed E-state index contributed by atoms with van der Waals surface area (Å²) in [6.07, 6.45) is 0.116. The molecule has 28 heavy (non-hydrogen) atoms. The molecule has 1 amide bonds. The number of carboxylic acid groups (broad SMARTS) is 1. The Morgan fingerprint density at radius 2 is 1.79 bits per heavy atom. The van der Waals surface area contributed by atoms with E-state index in [0.717, 1.165) is 5.56 Å². The number of hydrogen-bond donors (Lipinski definition) is 1. The molecule has 0 saturated carbocycles. The Kier molecular flexibility index (Phi) is 7.43. The maximum Gasteiger partial charge on any atom is 0.410 e. The largest absolute Gasteiger partial charge is 0.481 e. The van der Waals surface area contributed by atoms with E-state index in [1.165, 1.54) is 0 Å². The van der Waals surface area contributed by atoms with E-state index in [4.69, 9.17) is 14.6 Å². The van der Waals surface area contributed by atoms with Gasteiger partial charge in [-0.2, -0.15) is 0 Å². The number of carboxylic acids is 1. The highest BCUT2D eigenvalue weighted by molar-refractivity contribution is 5.72. The lowest BCUT2D eigenvalue weighted by Crippen LogP contribution is -2.45. The third-order valence-corrected chi connectivity index (χ3v) is 4.64. The first-order valence-electron chi connectivity index (χ1n) is 9.53. The summed E-state index contributed by atoms with van der Waals surface area (Å²) >= 11 is 0. The summed E-state index contributed by atoms with van der Waals surface area (Å²) in [5.74, 6) is -1.74. The normalized spacial score (nSPS) is 19.8. The number of amides is 1. The highest BCUT2D eigenvalue weighted by atomic mass is 16.6. The third-order valence-electron chi connectivity index (χ3n) is 4.64. The number of carbonyl (C=O) groups is 3. The second kappa shape index (κ2) is 9.57. The molecule has 2 rings (SSSR count). The number of esters is 1. The predicted molar refractivity (Wildman–Crippen MR) is 103 cm³/mol. The SMILES string of the molecule is CC(C)(C)OC(=O)CC1CN(C(=O)OCc2ccccc2)CCC1CC(=O)O. The van der Waals surface area contributed by atoms with Gasteiger partial charge >= 0.3 is 18.0 Å². The number of hydrogen-bond acceptors (Lipinski definition) is 5. The fourth-order valence-electron chi connectivity index (χ4n) is 3.38. The number of ether oxygens (including phenoxy) is 2. The van der Waals surface area contributed by atoms with Crippen molar-refractivity contribution in [1.82, 2.24) is 4.90 Å². The first kappa shape index (κ1) is 21.7. The summed E-state index contributed by atoms with van der Waals surface area (Å²) in [6.45, 7) is 6.22. The summed E-state index contributed by atoms with van der Waals surface area (Å²) in [7, 11) is 0. The average Bonchev–Trinajstić information content (AvgIpc) is 2.60. The number of piperidine rings is 1. The molecule has 154 valence electrons. The van der Waals surface area contributed by atoms with Crippen LogP contribution >= 0.6 is 0 Å². The van der Waals surface area contributed by atoms with Gasteiger partial charge in [-0.15, -0.1) is 0 Å². The van der Waals surface area contributed by atoms with E-state index in [0.29, 0.717) is 13.0 Å². The number of aliphatic carboxylic acids is 1. The number of carbonyl (C=O) groups excluding carboxylic acids is 2. The van der Waals surface area contributed by atoms with Gasteiger partial charge in [0, 0.05) is 19.5 Å². The zero-order valence-corrected chi connectivity index (χ0v) is 16.7. The van der Waals surface area contributed by atoms with Crippen LogP contribution in [-0.4, -0.2) is 46.7 Å². The second-order valence-corrected chi connectivity index (χ2v) is 8.18. The molecule has 7 heteroatoms. The van der Waals surface area contributed by atoms with Crippen LogP contribution in [0.15, 0.2) is 30.3 Å². The molecule has 2 atom stereocenters. The van der Waals surface area contributed by atoms with Crippen molar-refractivity contribution in [2.45, 2.75) is 52.2 Å². The van der Waals surface area contributed by atoms with Crippen molar-refractivity contribution in [3.63, 3.8) is 0 Å². The molecule has 1 aliphatic rings. The first-order chi connectivity index (χ1) is 13.1. The van der Waals surface area contributed by atoms with Crippen LogP contribution in [0.25, 0.3) is 0 Å². The minimum Gasteiger partial charge on any atom is -0.481 e. The zero-order valence-electron chi connectivity index (χ0n) is 16.7. The summed E-state index contributed by atoms with van der Waals surface area (Å²) in [5, 5.41) is 9.17. The Balaban J connectivity index is 1.97. The molecule has 0 radical (unpaired) electrons. The van der Waals surface area contributed by atoms with E-state index in [1.807, 2.05) is 30.3 Å². The van der Waals surface area contributed by atoms with E-state index < -0.39 is 17.7 Å². The predicted octanol–water partition coefficient (Wildman–Crippen LogP) is 3.47. The molecule has 1 aromatic carbocycles. The Bertz CT molecular complexity index is 682. The number of rotatable bonds is 6. The average molecular weight is 391 g/mol. The van der Waals surface area contributed by atoms with Gasteiger partial charge in [-0.05, 0) is 44.6 Å². The topological polar surface area (TPSA) is 93.1 Å². The van der Waals surface area contributed by atoms with Crippen molar-refractivity contribution in [1.29, 1.82) is 0 Å². The zero-order chi connectivity index (χ0) is 20.7. The summed E-state index contributed by atoms with van der Waals surface area (Å²) in [4.78, 5) is 37.4. The molecule has 0 bridgehead atoms. The van der Waals surface area contributed by atoms with Crippen LogP contribution in [0.1, 0.15) is 45.6 Å². The van der Waals surface area contributed by atoms with Crippen LogP contribution < -0.4 is 0 Å². The van der Waals surface area contributed by atoms with Gasteiger partial charge in [0.05, 0.1) is 6.42 Å². The minimum absolute atomic E-state index is 0.0274. The number of benzene rings is 1. The van der Waals surface area contributed by atoms with Crippen LogP contribution in [0.3, 0.4) is 0 Å². The molecular formula is C21H29NO6. The third kappa shape index (κ3) is 7.21. The van der Waals surface area contributed by atoms with Gasteiger partial charge in [-0.3, -0.25) is 9.59 Å². The van der Waals surface area contributed by atoms with Crippen LogP contribution in [0.4, 0.5) is 4.79 Å². The summed E-state index contributed by atoms with van der Waals surface area (Å²) in [5.41, 5.74) is 0.282. The molecule has 1 fully saturated rings. The highest BCUT2D eigenvalue weighted by Crippen LogP contribution is 2.30. The lowest BCUT2D eigenvalue weighted by atomic mass is 9.81. The Labute approximate surface area is 165 Å². The number of nitrogens with zero attached hydrogens (tertiary/aromatic N) is 1. The van der Waals surface area contributed by atoms with Crippen LogP contribution in [0, 0.1) is 11.8 Å². The van der Waals surface area contributed by atoms with E-state index in [-0.39, 0.29) is 43.8 Å². The molecule has 0 aliphatic carbocycles. The molecule has 1 aromatic rings. The molecule has 0 spiro atoms. The maximum absolute atomic E-state index is 12.4. The minimum atomic E-state index is -0.903. The van der Waals surface area contributed by atoms with Gasteiger partial charge < -0.3 is 19.5 Å². The molecule has 1 aliphatic heterocycles. The van der Waals surface area contributed by atoms with Crippen molar-refractivity contribution < 1.29 is 29.0 Å². The summed E-state index contributed by atoms with van der Waals surface area (Å²) < 4.78 is 10.7. The first-order valence-corrected chi connectivity index (χ1v) is 9.53. The Hall–Kier alpha value is -2.57. The maximum atomic E-state index is 12.4. The lowest BCUT2D eigenvalue weighted by molar-refractivity contribution is -0.157. The van der Waals surface area contributed by atoms with Gasteiger partial charge in [0.15, 0.2) is 0 Å². The Morgan fingerprint density at radius 3 is 2.39 bits per heavy atom. The van der Waals surface area contributed by atoms with Crippen molar-refractivity contribution in [3.05, 3.63) is 35.9 Å². The lowest BCUT2D eigenvalue weighted by Gasteiger charge is -2.37. The van der Waals surface area contributed by atoms with Gasteiger partial charge in [0.2, 0.25) is 0 Å². The molecule has 1 heterocycles. The smallest absolute Gasteiger partial charge is 0.410 e. The number of likely N-dealkylation sites (tertiary alicyclic amines) is 1. The van der Waals surface area contributed by atoms with Crippen molar-refractivity contribution >= 4 is 18.0 Å². The second-order valence-electron chi connectivity index (χ2n) is 8.18. The van der Waals surface area contributed by atoms with Gasteiger partial charge in [-0.25, -0.2) is 4.79 Å². The van der Waals surface area contributed by atoms with Crippen molar-refractivity contribution in [3.8, 4) is 0 Å². The van der Waals surface area contributed by atoms with Gasteiger partial charge in [-0.1, -0.05) is 30.3 Å². The van der Waals surface area contributed by atoms with E-state index in [2.05, 4.69) is 0 Å². The molecule has 7 nitrogen and oxygen atoms in total. The highest BCUT2D eigenvalue weighted by Gasteiger charge is 2.35. The molecule has 1 N–H and O–H groups in total. The summed E-state index contributed by atoms with van der Waals surface area (Å²) in [6, 6.07) is 9.38. The molecule has 1 saturated heterocycles.